The van der Waals surface area contributed by atoms with Gasteiger partial charge in [-0.2, -0.15) is 0 Å². The molecule has 0 spiro atoms. The van der Waals surface area contributed by atoms with Crippen molar-refractivity contribution in [2.75, 3.05) is 20.6 Å². The minimum atomic E-state index is 0.872. The molecule has 0 saturated carbocycles. The topological polar surface area (TPSA) is 3.24 Å². The highest BCUT2D eigenvalue weighted by Gasteiger charge is 1.76. The van der Waals surface area contributed by atoms with E-state index in [0.29, 0.717) is 0 Å². The first-order valence-corrected chi connectivity index (χ1v) is 6.72. The molecular weight excluding hydrogens is 218 g/mol. The van der Waals surface area contributed by atoms with E-state index >= 15 is 0 Å². The Labute approximate surface area is 115 Å². The molecule has 104 valence electrons. The van der Waals surface area contributed by atoms with Crippen molar-refractivity contribution in [3.63, 3.8) is 0 Å². The minimum absolute atomic E-state index is 0.872. The van der Waals surface area contributed by atoms with Crippen molar-refractivity contribution in [1.29, 1.82) is 0 Å². The highest BCUT2D eigenvalue weighted by molar-refractivity contribution is 5.11. The fourth-order valence-electron chi connectivity index (χ4n) is 0.772. The van der Waals surface area contributed by atoms with E-state index in [2.05, 4.69) is 30.9 Å². The van der Waals surface area contributed by atoms with E-state index in [1.807, 2.05) is 71.8 Å². The lowest BCUT2D eigenvalue weighted by Gasteiger charge is -1.99. The summed E-state index contributed by atoms with van der Waals surface area (Å²) < 4.78 is 0. The van der Waals surface area contributed by atoms with Gasteiger partial charge in [0.25, 0.3) is 0 Å². The third-order valence-electron chi connectivity index (χ3n) is 1.51. The second-order valence-corrected chi connectivity index (χ2v) is 3.32. The summed E-state index contributed by atoms with van der Waals surface area (Å²) in [5, 5.41) is 0. The number of aryl methyl sites for hydroxylation is 1. The largest absolute Gasteiger partial charge is 0.299 e. The zero-order valence-electron chi connectivity index (χ0n) is 13.5. The summed E-state index contributed by atoms with van der Waals surface area (Å²) in [6.45, 7) is 12.8. The third-order valence-corrected chi connectivity index (χ3v) is 1.51. The second kappa shape index (κ2) is 21.1. The Morgan fingerprint density at radius 2 is 1.39 bits per heavy atom. The summed E-state index contributed by atoms with van der Waals surface area (Å²) in [6.07, 6.45) is 0. The Morgan fingerprint density at radius 1 is 0.944 bits per heavy atom. The van der Waals surface area contributed by atoms with Crippen LogP contribution in [0.4, 0.5) is 0 Å². The molecule has 18 heavy (non-hydrogen) atoms. The number of benzene rings is 1. The summed E-state index contributed by atoms with van der Waals surface area (Å²) in [5.41, 5.74) is 1.32. The van der Waals surface area contributed by atoms with Gasteiger partial charge in [-0.15, -0.1) is 5.92 Å². The number of nitrogens with zero attached hydrogens (tertiary/aromatic N) is 1. The van der Waals surface area contributed by atoms with Crippen molar-refractivity contribution in [2.45, 2.75) is 41.5 Å². The normalized spacial score (nSPS) is 7.17. The Kier molecular flexibility index (Phi) is 25.7. The van der Waals surface area contributed by atoms with Gasteiger partial charge in [0, 0.05) is 0 Å². The molecule has 0 aliphatic carbocycles. The predicted molar refractivity (Wildman–Crippen MR) is 85.9 cm³/mol. The molecule has 0 unspecified atom stereocenters. The number of hydrogen-bond donors (Lipinski definition) is 0. The van der Waals surface area contributed by atoms with Crippen molar-refractivity contribution in [3.05, 3.63) is 35.9 Å². The first kappa shape index (κ1) is 22.0. The molecule has 0 atom stereocenters. The van der Waals surface area contributed by atoms with E-state index in [4.69, 9.17) is 0 Å². The monoisotopic (exact) mass is 249 g/mol. The van der Waals surface area contributed by atoms with E-state index < -0.39 is 0 Å². The van der Waals surface area contributed by atoms with Crippen molar-refractivity contribution >= 4 is 0 Å². The van der Waals surface area contributed by atoms with Crippen LogP contribution in [0, 0.1) is 18.8 Å². The Balaban J connectivity index is -0.000000196. The predicted octanol–water partition coefficient (Wildman–Crippen LogP) is 4.62. The molecule has 0 N–H and O–H groups in total. The average Bonchev–Trinajstić information content (AvgIpc) is 2.42. The summed E-state index contributed by atoms with van der Waals surface area (Å²) in [6, 6.07) is 10.3. The van der Waals surface area contributed by atoms with Gasteiger partial charge in [0.2, 0.25) is 0 Å². The van der Waals surface area contributed by atoms with Gasteiger partial charge in [0.15, 0.2) is 0 Å². The van der Waals surface area contributed by atoms with Crippen molar-refractivity contribution < 1.29 is 0 Å². The van der Waals surface area contributed by atoms with Crippen molar-refractivity contribution in [2.24, 2.45) is 0 Å². The second-order valence-electron chi connectivity index (χ2n) is 3.32. The number of hydrogen-bond acceptors (Lipinski definition) is 1. The maximum Gasteiger partial charge on any atom is 0.0596 e. The summed E-state index contributed by atoms with van der Waals surface area (Å²) in [7, 11) is 4.01. The summed E-state index contributed by atoms with van der Waals surface area (Å²) in [5.74, 6) is 5.73. The number of rotatable bonds is 1. The molecular formula is C17H31N. The zero-order chi connectivity index (χ0) is 14.8. The Hall–Kier alpha value is -1.26. The van der Waals surface area contributed by atoms with Crippen LogP contribution in [0.3, 0.4) is 0 Å². The summed E-state index contributed by atoms with van der Waals surface area (Å²) >= 11 is 0. The van der Waals surface area contributed by atoms with Gasteiger partial charge in [-0.1, -0.05) is 69.5 Å². The van der Waals surface area contributed by atoms with Gasteiger partial charge < -0.3 is 0 Å². The maximum absolute atomic E-state index is 2.92. The molecule has 0 radical (unpaired) electrons. The zero-order valence-corrected chi connectivity index (χ0v) is 13.5. The standard InChI is InChI=1S/C7H8.C6H11N.2C2H6/c1-7-5-3-2-4-6-7;1-4-5-6-7(2)3;2*1-2/h2-6H,1H3;6H2,1-3H3;2*1-2H3. The highest BCUT2D eigenvalue weighted by Crippen LogP contribution is 1.92. The lowest BCUT2D eigenvalue weighted by molar-refractivity contribution is 0.464. The molecule has 1 rings (SSSR count). The van der Waals surface area contributed by atoms with Gasteiger partial charge in [-0.3, -0.25) is 4.90 Å². The van der Waals surface area contributed by atoms with Gasteiger partial charge in [-0.05, 0) is 27.9 Å². The van der Waals surface area contributed by atoms with E-state index in [-0.39, 0.29) is 0 Å². The van der Waals surface area contributed by atoms with Crippen LogP contribution in [-0.2, 0) is 0 Å². The first-order chi connectivity index (χ1) is 8.66. The molecule has 0 fully saturated rings. The third kappa shape index (κ3) is 24.1. The van der Waals surface area contributed by atoms with Crippen LogP contribution in [-0.4, -0.2) is 25.5 Å². The molecule has 1 heteroatoms. The Morgan fingerprint density at radius 3 is 1.56 bits per heavy atom. The van der Waals surface area contributed by atoms with E-state index in [9.17, 15) is 0 Å². The van der Waals surface area contributed by atoms with Crippen LogP contribution in [0.1, 0.15) is 40.2 Å². The fraction of sp³-hybridized carbons (Fsp3) is 0.529. The molecule has 0 saturated heterocycles. The highest BCUT2D eigenvalue weighted by atomic mass is 15.0. The quantitative estimate of drug-likeness (QED) is 0.657. The molecule has 0 aliphatic heterocycles. The smallest absolute Gasteiger partial charge is 0.0596 e. The summed E-state index contributed by atoms with van der Waals surface area (Å²) in [4.78, 5) is 2.04. The molecule has 0 bridgehead atoms. The molecule has 0 aliphatic rings. The van der Waals surface area contributed by atoms with Gasteiger partial charge in [0.05, 0.1) is 6.54 Å². The van der Waals surface area contributed by atoms with E-state index in [1.54, 1.807) is 0 Å². The van der Waals surface area contributed by atoms with E-state index in [1.165, 1.54) is 5.56 Å². The minimum Gasteiger partial charge on any atom is -0.299 e. The SMILES string of the molecule is CC.CC.CC#CCN(C)C.Cc1ccccc1. The van der Waals surface area contributed by atoms with Crippen molar-refractivity contribution in [3.8, 4) is 11.8 Å². The molecule has 0 amide bonds. The van der Waals surface area contributed by atoms with Gasteiger partial charge in [0.1, 0.15) is 0 Å². The molecule has 1 aromatic rings. The molecule has 0 heterocycles. The molecule has 0 aromatic heterocycles. The lowest BCUT2D eigenvalue weighted by Crippen LogP contribution is -2.10. The van der Waals surface area contributed by atoms with Gasteiger partial charge in [-0.25, -0.2) is 0 Å². The lowest BCUT2D eigenvalue weighted by atomic mass is 10.2. The van der Waals surface area contributed by atoms with Crippen LogP contribution >= 0.6 is 0 Å². The van der Waals surface area contributed by atoms with Crippen LogP contribution in [0.15, 0.2) is 30.3 Å². The van der Waals surface area contributed by atoms with Crippen molar-refractivity contribution in [1.82, 2.24) is 4.90 Å². The van der Waals surface area contributed by atoms with Crippen LogP contribution in [0.5, 0.6) is 0 Å². The maximum atomic E-state index is 2.92. The first-order valence-electron chi connectivity index (χ1n) is 6.72. The average molecular weight is 249 g/mol. The van der Waals surface area contributed by atoms with Crippen LogP contribution in [0.2, 0.25) is 0 Å². The van der Waals surface area contributed by atoms with Crippen LogP contribution < -0.4 is 0 Å². The van der Waals surface area contributed by atoms with Crippen LogP contribution in [0.25, 0.3) is 0 Å². The molecule has 1 aromatic carbocycles. The molecule has 1 nitrogen and oxygen atoms in total. The fourth-order valence-corrected chi connectivity index (χ4v) is 0.772. The Bertz CT molecular complexity index is 277. The van der Waals surface area contributed by atoms with E-state index in [0.717, 1.165) is 6.54 Å². The van der Waals surface area contributed by atoms with Gasteiger partial charge >= 0.3 is 0 Å².